The van der Waals surface area contributed by atoms with E-state index < -0.39 is 5.82 Å². The highest BCUT2D eigenvalue weighted by atomic mass is 19.1. The van der Waals surface area contributed by atoms with E-state index >= 15 is 0 Å². The van der Waals surface area contributed by atoms with Gasteiger partial charge in [-0.25, -0.2) is 18.9 Å². The van der Waals surface area contributed by atoms with Crippen molar-refractivity contribution in [3.05, 3.63) is 64.7 Å². The summed E-state index contributed by atoms with van der Waals surface area (Å²) in [5.74, 6) is 3.74. The SMILES string of the molecule is CCc1cn2nc(N3C[C@@H]4C(C)[C@@H]4C3)ccc2n1.CNc1nc(-c2ccncc2F)cc(=O)n1C. The number of hydrogen-bond acceptors (Lipinski definition) is 7. The smallest absolute Gasteiger partial charge is 0.255 e. The molecule has 1 unspecified atom stereocenters. The lowest BCUT2D eigenvalue weighted by Crippen LogP contribution is -2.24. The third-order valence-electron chi connectivity index (χ3n) is 7.07. The van der Waals surface area contributed by atoms with Crippen LogP contribution in [0.25, 0.3) is 16.9 Å². The van der Waals surface area contributed by atoms with E-state index in [-0.39, 0.29) is 16.8 Å². The van der Waals surface area contributed by atoms with Crippen LogP contribution in [0, 0.1) is 23.6 Å². The third-order valence-corrected chi connectivity index (χ3v) is 7.07. The molecule has 0 radical (unpaired) electrons. The predicted octanol–water partition coefficient (Wildman–Crippen LogP) is 3.02. The van der Waals surface area contributed by atoms with Gasteiger partial charge >= 0.3 is 0 Å². The summed E-state index contributed by atoms with van der Waals surface area (Å²) in [4.78, 5) is 26.4. The molecule has 4 aromatic heterocycles. The zero-order chi connectivity index (χ0) is 24.7. The molecule has 182 valence electrons. The van der Waals surface area contributed by atoms with Crippen LogP contribution in [0.5, 0.6) is 0 Å². The molecule has 5 heterocycles. The van der Waals surface area contributed by atoms with Gasteiger partial charge in [0, 0.05) is 45.0 Å². The molecule has 0 bridgehead atoms. The highest BCUT2D eigenvalue weighted by molar-refractivity contribution is 5.60. The van der Waals surface area contributed by atoms with Crippen LogP contribution in [0.4, 0.5) is 16.2 Å². The van der Waals surface area contributed by atoms with Crippen molar-refractivity contribution >= 4 is 17.4 Å². The molecule has 3 atom stereocenters. The zero-order valence-corrected chi connectivity index (χ0v) is 20.3. The lowest BCUT2D eigenvalue weighted by Gasteiger charge is -2.19. The summed E-state index contributed by atoms with van der Waals surface area (Å²) in [6.45, 7) is 6.85. The zero-order valence-electron chi connectivity index (χ0n) is 20.3. The van der Waals surface area contributed by atoms with Crippen LogP contribution in [0.2, 0.25) is 0 Å². The van der Waals surface area contributed by atoms with Gasteiger partial charge in [-0.2, -0.15) is 0 Å². The third kappa shape index (κ3) is 4.36. The maximum absolute atomic E-state index is 13.5. The van der Waals surface area contributed by atoms with E-state index in [2.05, 4.69) is 56.2 Å². The molecule has 9 nitrogen and oxygen atoms in total. The van der Waals surface area contributed by atoms with Gasteiger partial charge in [-0.3, -0.25) is 14.3 Å². The second-order valence-electron chi connectivity index (χ2n) is 9.14. The van der Waals surface area contributed by atoms with Crippen LogP contribution in [0.3, 0.4) is 0 Å². The summed E-state index contributed by atoms with van der Waals surface area (Å²) in [7, 11) is 3.24. The van der Waals surface area contributed by atoms with Crippen LogP contribution in [-0.2, 0) is 13.5 Å². The molecule has 4 aromatic rings. The van der Waals surface area contributed by atoms with Crippen molar-refractivity contribution in [1.29, 1.82) is 0 Å². The van der Waals surface area contributed by atoms with Gasteiger partial charge in [-0.05, 0) is 42.4 Å². The van der Waals surface area contributed by atoms with E-state index in [1.807, 2.05) is 10.7 Å². The van der Waals surface area contributed by atoms with Gasteiger partial charge in [0.25, 0.3) is 5.56 Å². The van der Waals surface area contributed by atoms with Crippen molar-refractivity contribution in [2.24, 2.45) is 24.8 Å². The van der Waals surface area contributed by atoms with E-state index in [1.165, 1.54) is 36.0 Å². The fourth-order valence-electron chi connectivity index (χ4n) is 4.75. The molecular formula is C25H29FN8O. The Balaban J connectivity index is 0.000000145. The Bertz CT molecular complexity index is 1420. The number of fused-ring (bicyclic) bond motifs is 2. The number of anilines is 2. The van der Waals surface area contributed by atoms with Crippen molar-refractivity contribution in [1.82, 2.24) is 29.1 Å². The summed E-state index contributed by atoms with van der Waals surface area (Å²) < 4.78 is 16.8. The number of halogens is 1. The number of aromatic nitrogens is 6. The van der Waals surface area contributed by atoms with Gasteiger partial charge in [0.1, 0.15) is 5.82 Å². The minimum Gasteiger partial charge on any atom is -0.359 e. The van der Waals surface area contributed by atoms with Crippen LogP contribution in [0.1, 0.15) is 19.5 Å². The quantitative estimate of drug-likeness (QED) is 0.484. The Labute approximate surface area is 202 Å². The predicted molar refractivity (Wildman–Crippen MR) is 133 cm³/mol. The fraction of sp³-hybridized carbons (Fsp3) is 0.400. The first-order chi connectivity index (χ1) is 16.9. The molecule has 10 heteroatoms. The topological polar surface area (TPSA) is 93.2 Å². The Morgan fingerprint density at radius 1 is 1.17 bits per heavy atom. The van der Waals surface area contributed by atoms with Crippen LogP contribution < -0.4 is 15.8 Å². The summed E-state index contributed by atoms with van der Waals surface area (Å²) in [5, 5.41) is 7.47. The molecule has 35 heavy (non-hydrogen) atoms. The molecule has 1 saturated heterocycles. The fourth-order valence-corrected chi connectivity index (χ4v) is 4.75. The second-order valence-corrected chi connectivity index (χ2v) is 9.14. The number of aryl methyl sites for hydroxylation is 1. The molecule has 1 saturated carbocycles. The number of nitrogens with zero attached hydrogens (tertiary/aromatic N) is 7. The van der Waals surface area contributed by atoms with E-state index in [0.717, 1.165) is 47.5 Å². The highest BCUT2D eigenvalue weighted by Gasteiger charge is 2.52. The van der Waals surface area contributed by atoms with Gasteiger partial charge in [-0.1, -0.05) is 13.8 Å². The van der Waals surface area contributed by atoms with Crippen LogP contribution in [0.15, 0.2) is 47.7 Å². The first-order valence-electron chi connectivity index (χ1n) is 11.9. The number of piperidine rings is 1. The second kappa shape index (κ2) is 9.09. The van der Waals surface area contributed by atoms with Crippen molar-refractivity contribution in [2.75, 3.05) is 30.4 Å². The van der Waals surface area contributed by atoms with E-state index in [4.69, 9.17) is 0 Å². The van der Waals surface area contributed by atoms with Gasteiger partial charge in [-0.15, -0.1) is 5.10 Å². The van der Waals surface area contributed by atoms with Crippen molar-refractivity contribution < 1.29 is 4.39 Å². The average molecular weight is 477 g/mol. The van der Waals surface area contributed by atoms with E-state index in [9.17, 15) is 9.18 Å². The average Bonchev–Trinajstić information content (AvgIpc) is 3.24. The molecule has 1 aliphatic heterocycles. The first-order valence-corrected chi connectivity index (χ1v) is 11.9. The Morgan fingerprint density at radius 2 is 1.94 bits per heavy atom. The molecule has 1 aliphatic carbocycles. The van der Waals surface area contributed by atoms with Crippen molar-refractivity contribution in [3.8, 4) is 11.3 Å². The lowest BCUT2D eigenvalue weighted by atomic mass is 10.2. The molecule has 0 amide bonds. The minimum atomic E-state index is -0.504. The van der Waals surface area contributed by atoms with Crippen LogP contribution in [-0.4, -0.2) is 49.3 Å². The standard InChI is InChI=1S/C14H18N4.C11H11FN4O/c1-3-10-6-18-13(15-10)4-5-14(16-18)17-7-11-9(2)12(11)8-17;1-13-11-15-9(5-10(17)16(11)2)7-3-4-14-6-8(7)12/h4-6,9,11-12H,3,7-8H2,1-2H3;3-6H,1-2H3,(H,13,15)/t9?,11-,12+;. The van der Waals surface area contributed by atoms with Gasteiger partial charge < -0.3 is 10.2 Å². The maximum Gasteiger partial charge on any atom is 0.255 e. The summed E-state index contributed by atoms with van der Waals surface area (Å²) in [5.41, 5.74) is 2.35. The molecule has 1 N–H and O–H groups in total. The normalized spacial score (nSPS) is 20.4. The molecule has 6 rings (SSSR count). The summed E-state index contributed by atoms with van der Waals surface area (Å²) in [6.07, 6.45) is 5.55. The first kappa shape index (κ1) is 22.9. The van der Waals surface area contributed by atoms with Crippen molar-refractivity contribution in [3.63, 3.8) is 0 Å². The Kier molecular flexibility index (Phi) is 5.96. The Hall–Kier alpha value is -3.82. The highest BCUT2D eigenvalue weighted by Crippen LogP contribution is 2.51. The number of nitrogens with one attached hydrogen (secondary N) is 1. The molecule has 0 spiro atoms. The number of imidazole rings is 1. The molecule has 2 aliphatic rings. The maximum atomic E-state index is 13.5. The number of rotatable bonds is 4. The number of pyridine rings is 1. The summed E-state index contributed by atoms with van der Waals surface area (Å²) >= 11 is 0. The molecular weight excluding hydrogens is 447 g/mol. The summed E-state index contributed by atoms with van der Waals surface area (Å²) in [6, 6.07) is 6.96. The van der Waals surface area contributed by atoms with Gasteiger partial charge in [0.05, 0.1) is 23.8 Å². The minimum absolute atomic E-state index is 0.254. The van der Waals surface area contributed by atoms with Crippen molar-refractivity contribution in [2.45, 2.75) is 20.3 Å². The largest absolute Gasteiger partial charge is 0.359 e. The molecule has 0 aromatic carbocycles. The molecule has 2 fully saturated rings. The van der Waals surface area contributed by atoms with Crippen LogP contribution >= 0.6 is 0 Å². The number of hydrogen-bond donors (Lipinski definition) is 1. The van der Waals surface area contributed by atoms with Gasteiger partial charge in [0.15, 0.2) is 11.5 Å². The lowest BCUT2D eigenvalue weighted by molar-refractivity contribution is 0.624. The van der Waals surface area contributed by atoms with E-state index in [0.29, 0.717) is 5.95 Å². The Morgan fingerprint density at radius 3 is 2.63 bits per heavy atom. The van der Waals surface area contributed by atoms with E-state index in [1.54, 1.807) is 14.1 Å². The monoisotopic (exact) mass is 476 g/mol. The van der Waals surface area contributed by atoms with Gasteiger partial charge in [0.2, 0.25) is 5.95 Å².